The number of ether oxygens (including phenoxy) is 3. The fraction of sp³-hybridized carbons (Fsp3) is 0.333. The molecule has 148 valence electrons. The molecule has 0 fully saturated rings. The average molecular weight is 404 g/mol. The molecule has 1 amide bonds. The highest BCUT2D eigenvalue weighted by Crippen LogP contribution is 2.30. The minimum absolute atomic E-state index is 0.216. The Kier molecular flexibility index (Phi) is 6.41. The third kappa shape index (κ3) is 4.95. The van der Waals surface area contributed by atoms with Crippen LogP contribution in [0.1, 0.15) is 18.1 Å². The lowest BCUT2D eigenvalue weighted by Crippen LogP contribution is -2.38. The lowest BCUT2D eigenvalue weighted by molar-refractivity contribution is -0.160. The van der Waals surface area contributed by atoms with Gasteiger partial charge in [-0.1, -0.05) is 23.7 Å². The number of esters is 1. The number of methoxy groups -OCH3 is 1. The van der Waals surface area contributed by atoms with Crippen LogP contribution in [-0.4, -0.2) is 31.7 Å². The number of hydrogen-bond donors (Lipinski definition) is 1. The van der Waals surface area contributed by atoms with Crippen molar-refractivity contribution >= 4 is 23.5 Å². The second-order valence-corrected chi connectivity index (χ2v) is 7.05. The Morgan fingerprint density at radius 2 is 2.00 bits per heavy atom. The smallest absolute Gasteiger partial charge is 0.313 e. The van der Waals surface area contributed by atoms with E-state index in [0.29, 0.717) is 18.0 Å². The van der Waals surface area contributed by atoms with Crippen LogP contribution in [0.3, 0.4) is 0 Å². The molecule has 1 aliphatic heterocycles. The third-order valence-corrected chi connectivity index (χ3v) is 4.79. The second-order valence-electron chi connectivity index (χ2n) is 6.61. The van der Waals surface area contributed by atoms with Gasteiger partial charge in [0.15, 0.2) is 6.10 Å². The lowest BCUT2D eigenvalue weighted by atomic mass is 9.97. The topological polar surface area (TPSA) is 73.9 Å². The van der Waals surface area contributed by atoms with Crippen LogP contribution in [0.15, 0.2) is 42.5 Å². The van der Waals surface area contributed by atoms with Gasteiger partial charge >= 0.3 is 5.97 Å². The molecular formula is C21H22ClNO5. The maximum absolute atomic E-state index is 12.4. The average Bonchev–Trinajstić information content (AvgIpc) is 2.71. The Balaban J connectivity index is 1.50. The van der Waals surface area contributed by atoms with Gasteiger partial charge < -0.3 is 19.5 Å². The molecule has 0 unspecified atom stereocenters. The van der Waals surface area contributed by atoms with Crippen molar-refractivity contribution in [3.05, 3.63) is 58.6 Å². The molecule has 3 rings (SSSR count). The fourth-order valence-electron chi connectivity index (χ4n) is 2.91. The van der Waals surface area contributed by atoms with Crippen LogP contribution in [0.5, 0.6) is 11.5 Å². The largest absolute Gasteiger partial charge is 0.497 e. The van der Waals surface area contributed by atoms with Crippen LogP contribution >= 0.6 is 11.6 Å². The first-order valence-corrected chi connectivity index (χ1v) is 9.36. The standard InChI is InChI=1S/C21H22ClNO5/c1-13(20(24)23-11-14-3-6-18(26-2)7-4-14)28-21(25)16-9-15-10-17(22)5-8-19(15)27-12-16/h3-8,10,13,16H,9,11-12H2,1-2H3,(H,23,24)/t13-,16-/m0/s1. The van der Waals surface area contributed by atoms with Crippen molar-refractivity contribution in [3.8, 4) is 11.5 Å². The van der Waals surface area contributed by atoms with Crippen molar-refractivity contribution in [2.24, 2.45) is 5.92 Å². The van der Waals surface area contributed by atoms with E-state index in [1.54, 1.807) is 32.2 Å². The van der Waals surface area contributed by atoms with Gasteiger partial charge in [-0.15, -0.1) is 0 Å². The summed E-state index contributed by atoms with van der Waals surface area (Å²) < 4.78 is 16.0. The molecule has 0 aliphatic carbocycles. The number of carbonyl (C=O) groups is 2. The molecule has 2 atom stereocenters. The number of nitrogens with one attached hydrogen (secondary N) is 1. The molecule has 0 saturated carbocycles. The molecule has 7 heteroatoms. The van der Waals surface area contributed by atoms with Crippen molar-refractivity contribution in [2.45, 2.75) is 26.0 Å². The van der Waals surface area contributed by atoms with Crippen molar-refractivity contribution in [1.82, 2.24) is 5.32 Å². The van der Waals surface area contributed by atoms with Gasteiger partial charge in [0.25, 0.3) is 5.91 Å². The number of halogens is 1. The Hall–Kier alpha value is -2.73. The number of benzene rings is 2. The summed E-state index contributed by atoms with van der Waals surface area (Å²) in [6.07, 6.45) is -0.430. The zero-order valence-electron chi connectivity index (χ0n) is 15.7. The molecule has 1 heterocycles. The van der Waals surface area contributed by atoms with Crippen molar-refractivity contribution in [3.63, 3.8) is 0 Å². The van der Waals surface area contributed by atoms with Gasteiger partial charge in [-0.05, 0) is 54.8 Å². The third-order valence-electron chi connectivity index (χ3n) is 4.55. The summed E-state index contributed by atoms with van der Waals surface area (Å²) in [7, 11) is 1.59. The van der Waals surface area contributed by atoms with Gasteiger partial charge in [-0.25, -0.2) is 0 Å². The maximum atomic E-state index is 12.4. The molecule has 0 aromatic heterocycles. The first-order valence-electron chi connectivity index (χ1n) is 8.98. The summed E-state index contributed by atoms with van der Waals surface area (Å²) in [6.45, 7) is 2.10. The van der Waals surface area contributed by atoms with Crippen LogP contribution in [-0.2, 0) is 27.3 Å². The molecule has 0 spiro atoms. The van der Waals surface area contributed by atoms with Crippen LogP contribution in [0.2, 0.25) is 5.02 Å². The van der Waals surface area contributed by atoms with Gasteiger partial charge in [0.2, 0.25) is 0 Å². The first kappa shape index (κ1) is 20.0. The van der Waals surface area contributed by atoms with E-state index < -0.39 is 18.0 Å². The van der Waals surface area contributed by atoms with Crippen molar-refractivity contribution < 1.29 is 23.8 Å². The number of amides is 1. The predicted molar refractivity (Wildman–Crippen MR) is 105 cm³/mol. The second kappa shape index (κ2) is 8.97. The molecule has 2 aromatic carbocycles. The Morgan fingerprint density at radius 3 is 2.71 bits per heavy atom. The summed E-state index contributed by atoms with van der Waals surface area (Å²) >= 11 is 6.00. The Morgan fingerprint density at radius 1 is 1.25 bits per heavy atom. The summed E-state index contributed by atoms with van der Waals surface area (Å²) in [5.74, 6) is 0.179. The van der Waals surface area contributed by atoms with E-state index in [1.807, 2.05) is 24.3 Å². The van der Waals surface area contributed by atoms with E-state index in [9.17, 15) is 9.59 Å². The molecular weight excluding hydrogens is 382 g/mol. The normalized spacial score (nSPS) is 16.3. The molecule has 2 aromatic rings. The summed E-state index contributed by atoms with van der Waals surface area (Å²) in [5.41, 5.74) is 1.78. The molecule has 1 aliphatic rings. The number of carbonyl (C=O) groups excluding carboxylic acids is 2. The molecule has 1 N–H and O–H groups in total. The van der Waals surface area contributed by atoms with E-state index in [1.165, 1.54) is 0 Å². The van der Waals surface area contributed by atoms with Gasteiger partial charge in [-0.2, -0.15) is 0 Å². The number of fused-ring (bicyclic) bond motifs is 1. The zero-order chi connectivity index (χ0) is 20.1. The number of hydrogen-bond acceptors (Lipinski definition) is 5. The summed E-state index contributed by atoms with van der Waals surface area (Å²) in [4.78, 5) is 24.7. The van der Waals surface area contributed by atoms with Crippen molar-refractivity contribution in [2.75, 3.05) is 13.7 Å². The lowest BCUT2D eigenvalue weighted by Gasteiger charge is -2.25. The van der Waals surface area contributed by atoms with Gasteiger partial charge in [0, 0.05) is 11.6 Å². The van der Waals surface area contributed by atoms with Gasteiger partial charge in [0.1, 0.15) is 18.1 Å². The maximum Gasteiger partial charge on any atom is 0.313 e. The Labute approximate surface area is 168 Å². The van der Waals surface area contributed by atoms with Gasteiger partial charge in [-0.3, -0.25) is 9.59 Å². The van der Waals surface area contributed by atoms with E-state index in [-0.39, 0.29) is 12.5 Å². The minimum Gasteiger partial charge on any atom is -0.497 e. The molecule has 0 radical (unpaired) electrons. The fourth-order valence-corrected chi connectivity index (χ4v) is 3.11. The van der Waals surface area contributed by atoms with Crippen LogP contribution < -0.4 is 14.8 Å². The molecule has 6 nitrogen and oxygen atoms in total. The SMILES string of the molecule is COc1ccc(CNC(=O)[C@H](C)OC(=O)[C@@H]2COc3ccc(Cl)cc3C2)cc1. The highest BCUT2D eigenvalue weighted by Gasteiger charge is 2.30. The number of rotatable bonds is 6. The van der Waals surface area contributed by atoms with Crippen LogP contribution in [0.25, 0.3) is 0 Å². The minimum atomic E-state index is -0.897. The molecule has 28 heavy (non-hydrogen) atoms. The van der Waals surface area contributed by atoms with Crippen LogP contribution in [0.4, 0.5) is 0 Å². The van der Waals surface area contributed by atoms with E-state index >= 15 is 0 Å². The first-order chi connectivity index (χ1) is 13.5. The molecule has 0 bridgehead atoms. The Bertz CT molecular complexity index is 852. The van der Waals surface area contributed by atoms with E-state index in [0.717, 1.165) is 22.6 Å². The molecule has 0 saturated heterocycles. The summed E-state index contributed by atoms with van der Waals surface area (Å²) in [5, 5.41) is 3.35. The van der Waals surface area contributed by atoms with E-state index in [4.69, 9.17) is 25.8 Å². The zero-order valence-corrected chi connectivity index (χ0v) is 16.5. The van der Waals surface area contributed by atoms with Crippen LogP contribution in [0, 0.1) is 5.92 Å². The monoisotopic (exact) mass is 403 g/mol. The highest BCUT2D eigenvalue weighted by atomic mass is 35.5. The van der Waals surface area contributed by atoms with E-state index in [2.05, 4.69) is 5.32 Å². The highest BCUT2D eigenvalue weighted by molar-refractivity contribution is 6.30. The van der Waals surface area contributed by atoms with Crippen molar-refractivity contribution in [1.29, 1.82) is 0 Å². The van der Waals surface area contributed by atoms with Gasteiger partial charge in [0.05, 0.1) is 13.0 Å². The quantitative estimate of drug-likeness (QED) is 0.750. The predicted octanol–water partition coefficient (Wildman–Crippen LogP) is 3.15. The summed E-state index contributed by atoms with van der Waals surface area (Å²) in [6, 6.07) is 12.7.